The number of allylic oxidation sites excluding steroid dienone is 2. The summed E-state index contributed by atoms with van der Waals surface area (Å²) in [6.45, 7) is 14.4. The monoisotopic (exact) mass is 573 g/mol. The number of amides is 2. The fourth-order valence-electron chi connectivity index (χ4n) is 2.20. The van der Waals surface area contributed by atoms with Gasteiger partial charge in [0, 0.05) is 61.8 Å². The number of nitrogens with two attached hydrogens (primary N) is 2. The number of halogens is 1. The summed E-state index contributed by atoms with van der Waals surface area (Å²) in [4.78, 5) is 42.3. The van der Waals surface area contributed by atoms with Crippen molar-refractivity contribution in [1.82, 2.24) is 6.15 Å². The second-order valence-corrected chi connectivity index (χ2v) is 10.4. The molecule has 0 heterocycles. The maximum absolute atomic E-state index is 11.6. The number of Topliss-reactive ketones (excluding diaryl/α,β-unsaturated/α-hetero) is 1. The van der Waals surface area contributed by atoms with E-state index in [2.05, 4.69) is 35.5 Å². The Labute approximate surface area is 228 Å². The molecule has 0 aliphatic rings. The van der Waals surface area contributed by atoms with Gasteiger partial charge in [-0.05, 0) is 38.5 Å². The lowest BCUT2D eigenvalue weighted by Gasteiger charge is -2.12. The van der Waals surface area contributed by atoms with Crippen LogP contribution in [0.5, 0.6) is 0 Å². The summed E-state index contributed by atoms with van der Waals surface area (Å²) in [5.74, 6) is -2.40. The zero-order valence-corrected chi connectivity index (χ0v) is 24.6. The van der Waals surface area contributed by atoms with Crippen LogP contribution in [0.1, 0.15) is 72.6 Å². The molecule has 0 unspecified atom stereocenters. The Morgan fingerprint density at radius 2 is 1.26 bits per heavy atom. The quantitative estimate of drug-likeness (QED) is 0.175. The maximum atomic E-state index is 11.6. The summed E-state index contributed by atoms with van der Waals surface area (Å²) in [6, 6.07) is 0. The first-order valence-electron chi connectivity index (χ1n) is 10.8. The van der Waals surface area contributed by atoms with Crippen molar-refractivity contribution >= 4 is 66.4 Å². The molecule has 0 fully saturated rings. The molecule has 0 saturated heterocycles. The fourth-order valence-corrected chi connectivity index (χ4v) is 2.33. The highest BCUT2D eigenvalue weighted by Crippen LogP contribution is 2.15. The van der Waals surface area contributed by atoms with E-state index in [1.807, 2.05) is 26.0 Å². The van der Waals surface area contributed by atoms with Gasteiger partial charge in [0.05, 0.1) is 5.92 Å². The summed E-state index contributed by atoms with van der Waals surface area (Å²) in [7, 11) is 0.917. The zero-order valence-electron chi connectivity index (χ0n) is 21.4. The third kappa shape index (κ3) is 43.0. The number of carbonyl (C=O) groups is 4. The van der Waals surface area contributed by atoms with Crippen LogP contribution in [0.4, 0.5) is 0 Å². The minimum absolute atomic E-state index is 0. The van der Waals surface area contributed by atoms with Crippen molar-refractivity contribution in [3.8, 4) is 0 Å². The van der Waals surface area contributed by atoms with E-state index in [9.17, 15) is 19.2 Å². The van der Waals surface area contributed by atoms with Crippen LogP contribution in [0.15, 0.2) is 25.3 Å². The van der Waals surface area contributed by atoms with E-state index in [0.717, 1.165) is 34.6 Å². The Morgan fingerprint density at radius 1 is 0.886 bits per heavy atom. The van der Waals surface area contributed by atoms with Crippen molar-refractivity contribution in [2.45, 2.75) is 78.0 Å². The number of hydrogen-bond acceptors (Lipinski definition) is 7. The van der Waals surface area contributed by atoms with E-state index in [1.165, 1.54) is 6.92 Å². The average Bonchev–Trinajstić information content (AvgIpc) is 2.71. The van der Waals surface area contributed by atoms with Crippen molar-refractivity contribution in [3.63, 3.8) is 0 Å². The fraction of sp³-hybridized carbons (Fsp3) is 0.652. The highest BCUT2D eigenvalue weighted by Gasteiger charge is 2.17. The molecule has 0 aromatic rings. The topological polar surface area (TPSA) is 176 Å². The molecule has 0 aromatic carbocycles. The lowest BCUT2D eigenvalue weighted by atomic mass is 9.92. The predicted octanol–water partition coefficient (Wildman–Crippen LogP) is 4.38. The molecule has 0 spiro atoms. The third-order valence-electron chi connectivity index (χ3n) is 4.17. The van der Waals surface area contributed by atoms with Crippen LogP contribution in [0.25, 0.3) is 0 Å². The summed E-state index contributed by atoms with van der Waals surface area (Å²) < 4.78 is 0. The van der Waals surface area contributed by atoms with E-state index in [-0.39, 0.29) is 30.7 Å². The largest absolute Gasteiger partial charge is 0.481 e. The molecular weight excluding hydrogens is 530 g/mol. The first kappa shape index (κ1) is 43.5. The van der Waals surface area contributed by atoms with Crippen LogP contribution in [-0.4, -0.2) is 34.1 Å². The van der Waals surface area contributed by atoms with Gasteiger partial charge in [-0.2, -0.15) is 0 Å². The molecule has 0 aliphatic carbocycles. The molecule has 0 aromatic heterocycles. The minimum Gasteiger partial charge on any atom is -0.481 e. The highest BCUT2D eigenvalue weighted by atomic mass is 35.5. The van der Waals surface area contributed by atoms with Crippen molar-refractivity contribution in [2.75, 3.05) is 0 Å². The molecule has 2 amide bonds. The molecule has 35 heavy (non-hydrogen) atoms. The lowest BCUT2D eigenvalue weighted by Crippen LogP contribution is -2.21. The van der Waals surface area contributed by atoms with Crippen LogP contribution in [0, 0.1) is 17.8 Å². The number of alkyl halides is 1. The molecule has 8 N–H and O–H groups in total. The lowest BCUT2D eigenvalue weighted by molar-refractivity contribution is -0.143. The second-order valence-electron chi connectivity index (χ2n) is 7.84. The maximum Gasteiger partial charge on any atom is 0.306 e. The molecule has 8 nitrogen and oxygen atoms in total. The molecule has 12 heteroatoms. The Balaban J connectivity index is -0.000000128. The van der Waals surface area contributed by atoms with Crippen molar-refractivity contribution < 1.29 is 24.3 Å². The van der Waals surface area contributed by atoms with Crippen molar-refractivity contribution in [1.29, 1.82) is 0 Å². The van der Waals surface area contributed by atoms with Crippen LogP contribution in [0.3, 0.4) is 0 Å². The summed E-state index contributed by atoms with van der Waals surface area (Å²) >= 11 is 13.9. The number of carboxylic acids is 1. The molecule has 0 aliphatic heterocycles. The average molecular weight is 574 g/mol. The summed E-state index contributed by atoms with van der Waals surface area (Å²) in [5, 5.41) is 8.53. The Bertz CT molecular complexity index is 658. The van der Waals surface area contributed by atoms with Gasteiger partial charge in [0.2, 0.25) is 11.8 Å². The van der Waals surface area contributed by atoms with E-state index in [4.69, 9.17) is 28.2 Å². The van der Waals surface area contributed by atoms with Gasteiger partial charge in [0.25, 0.3) is 0 Å². The highest BCUT2D eigenvalue weighted by molar-refractivity contribution is 8.37. The molecule has 0 rings (SSSR count). The van der Waals surface area contributed by atoms with Crippen LogP contribution in [0.2, 0.25) is 0 Å². The van der Waals surface area contributed by atoms with Gasteiger partial charge in [-0.15, -0.1) is 24.8 Å². The van der Waals surface area contributed by atoms with Gasteiger partial charge in [-0.25, -0.2) is 0 Å². The van der Waals surface area contributed by atoms with E-state index in [0.29, 0.717) is 17.7 Å². The van der Waals surface area contributed by atoms with Gasteiger partial charge in [0.15, 0.2) is 0 Å². The molecule has 206 valence electrons. The SMILES string of the molecule is C=CCC[C@H](C)CC(=O)[C@H](C)CC(N)=O.C=CCC[C@H](C)Cl.C[C@H](CC(N)=O)C(=O)O.N.S=S=S. The van der Waals surface area contributed by atoms with Crippen LogP contribution in [-0.2, 0) is 50.4 Å². The van der Waals surface area contributed by atoms with Gasteiger partial charge < -0.3 is 22.7 Å². The number of hydrogen-bond donors (Lipinski definition) is 4. The standard InChI is InChI=1S/C12H21NO2.C6H11Cl.C5H9NO3.H3N.S3/c1-4-5-6-9(2)7-11(14)10(3)8-12(13)15;1-3-4-5-6(2)7;1-3(5(8)9)2-4(6)7;;1-3-2/h4,9-10H,1,5-8H2,2-3H3,(H2,13,15);3,6H,1,4-5H2,2H3;3H,2H2,1H3,(H2,6,7)(H,8,9);1H3;/t9-,10+;6-;3-;;/m001../s1. The zero-order chi connectivity index (χ0) is 27.7. The van der Waals surface area contributed by atoms with E-state index < -0.39 is 23.7 Å². The summed E-state index contributed by atoms with van der Waals surface area (Å²) in [5.41, 5.74) is 9.77. The molecule has 0 radical (unpaired) electrons. The van der Waals surface area contributed by atoms with E-state index in [1.54, 1.807) is 6.92 Å². The van der Waals surface area contributed by atoms with Gasteiger partial charge in [-0.1, -0.05) is 32.9 Å². The van der Waals surface area contributed by atoms with Crippen molar-refractivity contribution in [2.24, 2.45) is 29.2 Å². The molecular formula is C23H44ClN3O5S3. The Hall–Kier alpha value is -1.53. The smallest absolute Gasteiger partial charge is 0.306 e. The molecule has 0 bridgehead atoms. The van der Waals surface area contributed by atoms with Crippen molar-refractivity contribution in [3.05, 3.63) is 25.3 Å². The number of primary amides is 2. The number of carbonyl (C=O) groups excluding carboxylic acids is 3. The number of carboxylic acid groups (broad SMARTS) is 1. The first-order valence-corrected chi connectivity index (χ1v) is 13.9. The number of ketones is 1. The molecule has 4 atom stereocenters. The van der Waals surface area contributed by atoms with Gasteiger partial charge >= 0.3 is 5.97 Å². The minimum atomic E-state index is -0.992. The summed E-state index contributed by atoms with van der Waals surface area (Å²) in [6.07, 6.45) is 8.32. The van der Waals surface area contributed by atoms with Gasteiger partial charge in [-0.3, -0.25) is 19.2 Å². The first-order chi connectivity index (χ1) is 15.7. The number of rotatable bonds is 14. The second kappa shape index (κ2) is 30.5. The molecule has 0 saturated carbocycles. The number of aliphatic carboxylic acids is 1. The van der Waals surface area contributed by atoms with Gasteiger partial charge in [0.1, 0.15) is 5.78 Å². The van der Waals surface area contributed by atoms with E-state index >= 15 is 0 Å². The Morgan fingerprint density at radius 3 is 1.51 bits per heavy atom. The Kier molecular flexibility index (Phi) is 37.9. The van der Waals surface area contributed by atoms with Crippen LogP contribution >= 0.6 is 11.6 Å². The normalized spacial score (nSPS) is 12.4. The van der Waals surface area contributed by atoms with Crippen LogP contribution < -0.4 is 17.6 Å². The predicted molar refractivity (Wildman–Crippen MR) is 154 cm³/mol. The third-order valence-corrected chi connectivity index (χ3v) is 4.39.